The van der Waals surface area contributed by atoms with Gasteiger partial charge in [0.1, 0.15) is 16.5 Å². The molecular formula is C15H12F2N2O2S3. The average Bonchev–Trinajstić information content (AvgIpc) is 2.88. The van der Waals surface area contributed by atoms with Crippen molar-refractivity contribution in [2.75, 3.05) is 10.5 Å². The first-order valence-corrected chi connectivity index (χ1v) is 10.2. The summed E-state index contributed by atoms with van der Waals surface area (Å²) in [5.74, 6) is -1.08. The number of hydrogen-bond donors (Lipinski definition) is 1. The molecule has 0 unspecified atom stereocenters. The molecule has 0 saturated heterocycles. The van der Waals surface area contributed by atoms with Crippen LogP contribution in [0.2, 0.25) is 0 Å². The highest BCUT2D eigenvalue weighted by Crippen LogP contribution is 2.31. The summed E-state index contributed by atoms with van der Waals surface area (Å²) in [6.45, 7) is 2.02. The van der Waals surface area contributed by atoms with Crippen molar-refractivity contribution < 1.29 is 17.2 Å². The number of halogens is 2. The van der Waals surface area contributed by atoms with E-state index in [1.165, 1.54) is 11.3 Å². The monoisotopic (exact) mass is 386 g/mol. The molecule has 0 radical (unpaired) electrons. The molecule has 0 aliphatic carbocycles. The Morgan fingerprint density at radius 1 is 1.21 bits per heavy atom. The van der Waals surface area contributed by atoms with Gasteiger partial charge in [0.25, 0.3) is 10.0 Å². The van der Waals surface area contributed by atoms with Gasteiger partial charge in [-0.2, -0.15) is 0 Å². The molecule has 0 spiro atoms. The Morgan fingerprint density at radius 2 is 2.00 bits per heavy atom. The summed E-state index contributed by atoms with van der Waals surface area (Å²) >= 11 is 3.06. The van der Waals surface area contributed by atoms with Gasteiger partial charge in [0.15, 0.2) is 4.34 Å². The molecule has 0 fully saturated rings. The third kappa shape index (κ3) is 3.52. The third-order valence-corrected chi connectivity index (χ3v) is 6.53. The van der Waals surface area contributed by atoms with Crippen LogP contribution in [0.15, 0.2) is 45.6 Å². The standard InChI is InChI=1S/C15H12F2N2O2S3/c1-2-22-15-18-12-5-4-10(8-13(12)23-15)19-24(20,21)14-6-3-9(16)7-11(14)17/h3-8,19H,2H2,1H3. The molecule has 0 amide bonds. The van der Waals surface area contributed by atoms with Gasteiger partial charge in [0, 0.05) is 6.07 Å². The molecule has 1 aromatic heterocycles. The van der Waals surface area contributed by atoms with Crippen LogP contribution in [0, 0.1) is 11.6 Å². The van der Waals surface area contributed by atoms with Crippen LogP contribution < -0.4 is 4.72 Å². The van der Waals surface area contributed by atoms with Crippen LogP contribution in [0.4, 0.5) is 14.5 Å². The topological polar surface area (TPSA) is 59.1 Å². The van der Waals surface area contributed by atoms with E-state index in [0.29, 0.717) is 11.8 Å². The lowest BCUT2D eigenvalue weighted by Crippen LogP contribution is -2.14. The summed E-state index contributed by atoms with van der Waals surface area (Å²) in [5, 5.41) is 0. The molecule has 0 aliphatic rings. The zero-order chi connectivity index (χ0) is 17.3. The van der Waals surface area contributed by atoms with Gasteiger partial charge < -0.3 is 0 Å². The highest BCUT2D eigenvalue weighted by molar-refractivity contribution is 8.01. The zero-order valence-corrected chi connectivity index (χ0v) is 14.9. The number of rotatable bonds is 5. The Hall–Kier alpha value is -1.71. The van der Waals surface area contributed by atoms with Crippen LogP contribution in [0.5, 0.6) is 0 Å². The van der Waals surface area contributed by atoms with Crippen molar-refractivity contribution in [3.05, 3.63) is 48.0 Å². The summed E-state index contributed by atoms with van der Waals surface area (Å²) in [6.07, 6.45) is 0. The highest BCUT2D eigenvalue weighted by Gasteiger charge is 2.20. The van der Waals surface area contributed by atoms with Crippen molar-refractivity contribution >= 4 is 49.0 Å². The van der Waals surface area contributed by atoms with Crippen LogP contribution in [0.25, 0.3) is 10.2 Å². The number of hydrogen-bond acceptors (Lipinski definition) is 5. The molecule has 126 valence electrons. The number of sulfonamides is 1. The van der Waals surface area contributed by atoms with Crippen molar-refractivity contribution in [1.82, 2.24) is 4.98 Å². The minimum absolute atomic E-state index is 0.294. The van der Waals surface area contributed by atoms with Crippen molar-refractivity contribution in [1.29, 1.82) is 0 Å². The first-order valence-electron chi connectivity index (χ1n) is 6.90. The normalized spacial score (nSPS) is 11.8. The summed E-state index contributed by atoms with van der Waals surface area (Å²) < 4.78 is 55.3. The lowest BCUT2D eigenvalue weighted by atomic mass is 10.3. The average molecular weight is 386 g/mol. The molecule has 0 atom stereocenters. The van der Waals surface area contributed by atoms with E-state index in [2.05, 4.69) is 9.71 Å². The molecular weight excluding hydrogens is 374 g/mol. The summed E-state index contributed by atoms with van der Waals surface area (Å²) in [4.78, 5) is 3.82. The van der Waals surface area contributed by atoms with Gasteiger partial charge in [0.05, 0.1) is 15.9 Å². The molecule has 3 rings (SSSR count). The Kier molecular flexibility index (Phi) is 4.75. The molecule has 2 aromatic carbocycles. The van der Waals surface area contributed by atoms with E-state index in [1.54, 1.807) is 30.0 Å². The first kappa shape index (κ1) is 17.1. The van der Waals surface area contributed by atoms with Crippen molar-refractivity contribution in [2.45, 2.75) is 16.2 Å². The lowest BCUT2D eigenvalue weighted by Gasteiger charge is -2.08. The van der Waals surface area contributed by atoms with Gasteiger partial charge >= 0.3 is 0 Å². The van der Waals surface area contributed by atoms with E-state index in [1.807, 2.05) is 6.92 Å². The SMILES string of the molecule is CCSc1nc2ccc(NS(=O)(=O)c3ccc(F)cc3F)cc2s1. The number of fused-ring (bicyclic) bond motifs is 1. The maximum atomic E-state index is 13.7. The quantitative estimate of drug-likeness (QED) is 0.657. The van der Waals surface area contributed by atoms with E-state index >= 15 is 0 Å². The number of nitrogens with zero attached hydrogens (tertiary/aromatic N) is 1. The number of thiazole rings is 1. The Bertz CT molecular complexity index is 1000. The highest BCUT2D eigenvalue weighted by atomic mass is 32.2. The number of nitrogens with one attached hydrogen (secondary N) is 1. The molecule has 0 aliphatic heterocycles. The molecule has 0 saturated carbocycles. The predicted octanol–water partition coefficient (Wildman–Crippen LogP) is 4.49. The molecule has 1 heterocycles. The number of benzene rings is 2. The van der Waals surface area contributed by atoms with Gasteiger partial charge in [-0.05, 0) is 36.1 Å². The lowest BCUT2D eigenvalue weighted by molar-refractivity contribution is 0.551. The van der Waals surface area contributed by atoms with Crippen molar-refractivity contribution in [3.8, 4) is 0 Å². The van der Waals surface area contributed by atoms with Crippen LogP contribution in [-0.2, 0) is 10.0 Å². The van der Waals surface area contributed by atoms with E-state index in [9.17, 15) is 17.2 Å². The van der Waals surface area contributed by atoms with Gasteiger partial charge in [-0.1, -0.05) is 18.7 Å². The maximum Gasteiger partial charge on any atom is 0.264 e. The second-order valence-electron chi connectivity index (χ2n) is 4.78. The Morgan fingerprint density at radius 3 is 2.71 bits per heavy atom. The summed E-state index contributed by atoms with van der Waals surface area (Å²) in [6, 6.07) is 7.24. The minimum Gasteiger partial charge on any atom is -0.279 e. The molecule has 9 heteroatoms. The first-order chi connectivity index (χ1) is 11.4. The fourth-order valence-electron chi connectivity index (χ4n) is 2.06. The van der Waals surface area contributed by atoms with Gasteiger partial charge in [-0.25, -0.2) is 22.2 Å². The molecule has 3 aromatic rings. The van der Waals surface area contributed by atoms with Crippen LogP contribution in [0.1, 0.15) is 6.92 Å². The molecule has 0 bridgehead atoms. The van der Waals surface area contributed by atoms with Crippen LogP contribution >= 0.6 is 23.1 Å². The van der Waals surface area contributed by atoms with E-state index in [0.717, 1.165) is 32.4 Å². The van der Waals surface area contributed by atoms with Gasteiger partial charge in [0.2, 0.25) is 0 Å². The summed E-state index contributed by atoms with van der Waals surface area (Å²) in [5.41, 5.74) is 1.06. The zero-order valence-electron chi connectivity index (χ0n) is 12.4. The van der Waals surface area contributed by atoms with Gasteiger partial charge in [-0.3, -0.25) is 4.72 Å². The second-order valence-corrected chi connectivity index (χ2v) is 8.97. The fourth-order valence-corrected chi connectivity index (χ4v) is 5.17. The predicted molar refractivity (Wildman–Crippen MR) is 93.2 cm³/mol. The van der Waals surface area contributed by atoms with Crippen LogP contribution in [0.3, 0.4) is 0 Å². The Labute approximate surface area is 146 Å². The van der Waals surface area contributed by atoms with E-state index in [-0.39, 0.29) is 0 Å². The number of anilines is 1. The second kappa shape index (κ2) is 6.66. The van der Waals surface area contributed by atoms with Crippen LogP contribution in [-0.4, -0.2) is 19.2 Å². The Balaban J connectivity index is 1.93. The van der Waals surface area contributed by atoms with Crippen molar-refractivity contribution in [2.24, 2.45) is 0 Å². The fraction of sp³-hybridized carbons (Fsp3) is 0.133. The smallest absolute Gasteiger partial charge is 0.264 e. The molecule has 1 N–H and O–H groups in total. The summed E-state index contributed by atoms with van der Waals surface area (Å²) in [7, 11) is -4.15. The van der Waals surface area contributed by atoms with Crippen molar-refractivity contribution in [3.63, 3.8) is 0 Å². The largest absolute Gasteiger partial charge is 0.279 e. The van der Waals surface area contributed by atoms with Gasteiger partial charge in [-0.15, -0.1) is 11.3 Å². The van der Waals surface area contributed by atoms with E-state index in [4.69, 9.17) is 0 Å². The number of aromatic nitrogens is 1. The number of thioether (sulfide) groups is 1. The minimum atomic E-state index is -4.15. The van der Waals surface area contributed by atoms with E-state index < -0.39 is 26.6 Å². The maximum absolute atomic E-state index is 13.7. The molecule has 24 heavy (non-hydrogen) atoms. The third-order valence-electron chi connectivity index (χ3n) is 3.07. The molecule has 4 nitrogen and oxygen atoms in total.